The van der Waals surface area contributed by atoms with Gasteiger partial charge in [-0.2, -0.15) is 0 Å². The van der Waals surface area contributed by atoms with Crippen molar-refractivity contribution in [1.29, 1.82) is 0 Å². The van der Waals surface area contributed by atoms with Gasteiger partial charge in [-0.3, -0.25) is 23.6 Å². The average molecular weight is 346 g/mol. The van der Waals surface area contributed by atoms with Gasteiger partial charge in [-0.05, 0) is 13.0 Å². The predicted octanol–water partition coefficient (Wildman–Crippen LogP) is -0.0566. The number of aryl methyl sites for hydroxylation is 1. The number of hydrogen-bond donors (Lipinski definition) is 0. The van der Waals surface area contributed by atoms with E-state index in [2.05, 4.69) is 4.90 Å². The van der Waals surface area contributed by atoms with E-state index in [1.54, 1.807) is 24.9 Å². The first kappa shape index (κ1) is 17.2. The van der Waals surface area contributed by atoms with Crippen molar-refractivity contribution < 1.29 is 9.21 Å². The average Bonchev–Trinajstić information content (AvgIpc) is 3.04. The van der Waals surface area contributed by atoms with E-state index in [1.807, 2.05) is 0 Å². The number of hydrogen-bond acceptors (Lipinski definition) is 5. The molecule has 1 amide bonds. The number of aromatic nitrogens is 2. The molecule has 0 radical (unpaired) electrons. The second-order valence-electron chi connectivity index (χ2n) is 6.33. The summed E-state index contributed by atoms with van der Waals surface area (Å²) in [6.07, 6.45) is 1.52. The van der Waals surface area contributed by atoms with Gasteiger partial charge in [0.05, 0.1) is 11.8 Å². The smallest absolute Gasteiger partial charge is 0.330 e. The molecule has 0 aromatic carbocycles. The van der Waals surface area contributed by atoms with E-state index in [4.69, 9.17) is 4.42 Å². The quantitative estimate of drug-likeness (QED) is 0.778. The third kappa shape index (κ3) is 3.30. The van der Waals surface area contributed by atoms with E-state index in [1.165, 1.54) is 23.9 Å². The summed E-state index contributed by atoms with van der Waals surface area (Å²) in [5.74, 6) is 0.606. The summed E-state index contributed by atoms with van der Waals surface area (Å²) in [5, 5.41) is 0. The Labute approximate surface area is 144 Å². The first-order chi connectivity index (χ1) is 11.9. The lowest BCUT2D eigenvalue weighted by atomic mass is 10.2. The number of piperazine rings is 1. The number of rotatable bonds is 3. The van der Waals surface area contributed by atoms with Crippen LogP contribution < -0.4 is 11.2 Å². The molecule has 2 aromatic heterocycles. The molecule has 1 aliphatic rings. The molecule has 2 aromatic rings. The first-order valence-electron chi connectivity index (χ1n) is 8.20. The second kappa shape index (κ2) is 6.72. The number of amides is 1. The molecule has 0 N–H and O–H groups in total. The molecule has 3 rings (SSSR count). The zero-order valence-corrected chi connectivity index (χ0v) is 14.7. The second-order valence-corrected chi connectivity index (χ2v) is 6.33. The third-order valence-electron chi connectivity index (χ3n) is 4.76. The number of carbonyl (C=O) groups excluding carboxylic acids is 1. The third-order valence-corrected chi connectivity index (χ3v) is 4.76. The van der Waals surface area contributed by atoms with Crippen molar-refractivity contribution in [3.8, 4) is 0 Å². The van der Waals surface area contributed by atoms with Crippen molar-refractivity contribution in [2.24, 2.45) is 14.1 Å². The predicted molar refractivity (Wildman–Crippen MR) is 91.5 cm³/mol. The van der Waals surface area contributed by atoms with Gasteiger partial charge in [0.1, 0.15) is 5.76 Å². The first-order valence-corrected chi connectivity index (χ1v) is 8.20. The fraction of sp³-hybridized carbons (Fsp3) is 0.471. The molecule has 0 spiro atoms. The number of furan rings is 1. The molecule has 0 unspecified atom stereocenters. The van der Waals surface area contributed by atoms with Gasteiger partial charge in [-0.25, -0.2) is 4.79 Å². The molecule has 0 atom stereocenters. The summed E-state index contributed by atoms with van der Waals surface area (Å²) in [6.45, 7) is 4.86. The molecule has 0 aliphatic carbocycles. The topological polar surface area (TPSA) is 80.7 Å². The van der Waals surface area contributed by atoms with Crippen LogP contribution in [0.2, 0.25) is 0 Å². The van der Waals surface area contributed by atoms with Crippen LogP contribution in [-0.4, -0.2) is 51.0 Å². The zero-order valence-electron chi connectivity index (χ0n) is 14.7. The van der Waals surface area contributed by atoms with Gasteiger partial charge in [-0.15, -0.1) is 0 Å². The van der Waals surface area contributed by atoms with Gasteiger partial charge in [0.25, 0.3) is 11.5 Å². The SMILES string of the molecule is Cc1occc1C(=O)N1CCN(Cc2cc(=O)n(C)c(=O)n2C)CC1. The standard InChI is InChI=1S/C17H22N4O4/c1-12-14(4-9-25-12)16(23)21-7-5-20(6-8-21)11-13-10-15(22)19(3)17(24)18(13)2/h4,9-10H,5-8,11H2,1-3H3. The Morgan fingerprint density at radius 2 is 1.80 bits per heavy atom. The Balaban J connectivity index is 1.66. The maximum absolute atomic E-state index is 12.5. The van der Waals surface area contributed by atoms with Crippen LogP contribution in [0.15, 0.2) is 32.4 Å². The van der Waals surface area contributed by atoms with Crippen molar-refractivity contribution in [3.63, 3.8) is 0 Å². The lowest BCUT2D eigenvalue weighted by molar-refractivity contribution is 0.0623. The molecule has 8 nitrogen and oxygen atoms in total. The number of nitrogens with zero attached hydrogens (tertiary/aromatic N) is 4. The van der Waals surface area contributed by atoms with Crippen LogP contribution in [0, 0.1) is 6.92 Å². The van der Waals surface area contributed by atoms with Crippen LogP contribution in [0.5, 0.6) is 0 Å². The van der Waals surface area contributed by atoms with Gasteiger partial charge in [0.2, 0.25) is 0 Å². The highest BCUT2D eigenvalue weighted by Crippen LogP contribution is 2.14. The molecule has 3 heterocycles. The summed E-state index contributed by atoms with van der Waals surface area (Å²) in [4.78, 5) is 40.3. The van der Waals surface area contributed by atoms with Gasteiger partial charge in [-0.1, -0.05) is 0 Å². The maximum atomic E-state index is 12.5. The maximum Gasteiger partial charge on any atom is 0.330 e. The van der Waals surface area contributed by atoms with Gasteiger partial charge in [0, 0.05) is 58.6 Å². The van der Waals surface area contributed by atoms with Gasteiger partial charge >= 0.3 is 5.69 Å². The molecule has 0 bridgehead atoms. The van der Waals surface area contributed by atoms with Crippen molar-refractivity contribution >= 4 is 5.91 Å². The Bertz CT molecular complexity index is 900. The van der Waals surface area contributed by atoms with Crippen LogP contribution >= 0.6 is 0 Å². The van der Waals surface area contributed by atoms with E-state index in [9.17, 15) is 14.4 Å². The van der Waals surface area contributed by atoms with Crippen LogP contribution in [0.4, 0.5) is 0 Å². The minimum absolute atomic E-state index is 0.0214. The minimum atomic E-state index is -0.327. The van der Waals surface area contributed by atoms with Crippen LogP contribution in [0.25, 0.3) is 0 Å². The summed E-state index contributed by atoms with van der Waals surface area (Å²) in [6, 6.07) is 3.19. The Kier molecular flexibility index (Phi) is 4.63. The van der Waals surface area contributed by atoms with E-state index < -0.39 is 0 Å². The van der Waals surface area contributed by atoms with E-state index >= 15 is 0 Å². The van der Waals surface area contributed by atoms with Crippen molar-refractivity contribution in [2.45, 2.75) is 13.5 Å². The largest absolute Gasteiger partial charge is 0.469 e. The summed E-state index contributed by atoms with van der Waals surface area (Å²) in [7, 11) is 3.13. The molecule has 0 saturated carbocycles. The summed E-state index contributed by atoms with van der Waals surface area (Å²) in [5.41, 5.74) is 0.648. The normalized spacial score (nSPS) is 15.6. The van der Waals surface area contributed by atoms with Crippen molar-refractivity contribution in [2.75, 3.05) is 26.2 Å². The zero-order chi connectivity index (χ0) is 18.1. The van der Waals surface area contributed by atoms with Crippen LogP contribution in [0.1, 0.15) is 21.8 Å². The van der Waals surface area contributed by atoms with E-state index in [0.717, 1.165) is 4.57 Å². The monoisotopic (exact) mass is 346 g/mol. The number of carbonyl (C=O) groups is 1. The highest BCUT2D eigenvalue weighted by Gasteiger charge is 2.24. The van der Waals surface area contributed by atoms with Crippen molar-refractivity contribution in [1.82, 2.24) is 18.9 Å². The molecule has 134 valence electrons. The molecular weight excluding hydrogens is 324 g/mol. The lowest BCUT2D eigenvalue weighted by Crippen LogP contribution is -2.49. The fourth-order valence-corrected chi connectivity index (χ4v) is 3.05. The molecule has 8 heteroatoms. The van der Waals surface area contributed by atoms with E-state index in [-0.39, 0.29) is 17.2 Å². The highest BCUT2D eigenvalue weighted by atomic mass is 16.3. The van der Waals surface area contributed by atoms with Crippen molar-refractivity contribution in [3.05, 3.63) is 56.3 Å². The van der Waals surface area contributed by atoms with Gasteiger partial charge < -0.3 is 9.32 Å². The van der Waals surface area contributed by atoms with E-state index in [0.29, 0.717) is 49.7 Å². The molecule has 25 heavy (non-hydrogen) atoms. The van der Waals surface area contributed by atoms with Crippen LogP contribution in [0.3, 0.4) is 0 Å². The fourth-order valence-electron chi connectivity index (χ4n) is 3.05. The van der Waals surface area contributed by atoms with Crippen LogP contribution in [-0.2, 0) is 20.6 Å². The molecule has 1 saturated heterocycles. The Morgan fingerprint density at radius 3 is 2.40 bits per heavy atom. The molecule has 1 fully saturated rings. The summed E-state index contributed by atoms with van der Waals surface area (Å²) < 4.78 is 7.78. The Morgan fingerprint density at radius 1 is 1.12 bits per heavy atom. The summed E-state index contributed by atoms with van der Waals surface area (Å²) >= 11 is 0. The highest BCUT2D eigenvalue weighted by molar-refractivity contribution is 5.95. The van der Waals surface area contributed by atoms with Gasteiger partial charge in [0.15, 0.2) is 0 Å². The Hall–Kier alpha value is -2.61. The minimum Gasteiger partial charge on any atom is -0.469 e. The molecule has 1 aliphatic heterocycles. The lowest BCUT2D eigenvalue weighted by Gasteiger charge is -2.34. The molecular formula is C17H22N4O4.